The van der Waals surface area contributed by atoms with Gasteiger partial charge in [-0.2, -0.15) is 0 Å². The molecule has 0 radical (unpaired) electrons. The molecule has 0 saturated heterocycles. The van der Waals surface area contributed by atoms with E-state index in [1.807, 2.05) is 39.0 Å². The highest BCUT2D eigenvalue weighted by Crippen LogP contribution is 2.27. The molecule has 0 aliphatic heterocycles. The van der Waals surface area contributed by atoms with Gasteiger partial charge in [-0.05, 0) is 62.2 Å². The fraction of sp³-hybridized carbons (Fsp3) is 0.174. The summed E-state index contributed by atoms with van der Waals surface area (Å²) in [7, 11) is -3.98. The van der Waals surface area contributed by atoms with Crippen molar-refractivity contribution in [2.45, 2.75) is 25.7 Å². The van der Waals surface area contributed by atoms with Crippen molar-refractivity contribution in [1.29, 1.82) is 0 Å². The van der Waals surface area contributed by atoms with Crippen molar-refractivity contribution in [1.82, 2.24) is 0 Å². The highest BCUT2D eigenvalue weighted by atomic mass is 35.5. The van der Waals surface area contributed by atoms with Crippen molar-refractivity contribution in [3.05, 3.63) is 88.4 Å². The molecule has 30 heavy (non-hydrogen) atoms. The Balaban J connectivity index is 1.98. The van der Waals surface area contributed by atoms with Crippen molar-refractivity contribution in [2.75, 3.05) is 16.2 Å². The fourth-order valence-electron chi connectivity index (χ4n) is 3.10. The summed E-state index contributed by atoms with van der Waals surface area (Å²) in [4.78, 5) is 13.0. The first kappa shape index (κ1) is 21.9. The third-order valence-electron chi connectivity index (χ3n) is 4.74. The first-order chi connectivity index (χ1) is 14.2. The number of nitrogens with one attached hydrogen (secondary N) is 1. The molecule has 3 aromatic carbocycles. The number of para-hydroxylation sites is 1. The third-order valence-corrected chi connectivity index (χ3v) is 6.76. The van der Waals surface area contributed by atoms with Gasteiger partial charge in [-0.15, -0.1) is 0 Å². The molecule has 0 aliphatic rings. The normalized spacial score (nSPS) is 11.2. The number of hydrogen-bond acceptors (Lipinski definition) is 3. The number of amides is 1. The Kier molecular flexibility index (Phi) is 6.48. The van der Waals surface area contributed by atoms with E-state index in [4.69, 9.17) is 11.6 Å². The van der Waals surface area contributed by atoms with Crippen LogP contribution in [0.25, 0.3) is 0 Å². The highest BCUT2D eigenvalue weighted by molar-refractivity contribution is 7.92. The van der Waals surface area contributed by atoms with Gasteiger partial charge in [-0.1, -0.05) is 53.6 Å². The molecule has 5 nitrogen and oxygen atoms in total. The second kappa shape index (κ2) is 8.90. The van der Waals surface area contributed by atoms with Crippen molar-refractivity contribution in [2.24, 2.45) is 0 Å². The maximum absolute atomic E-state index is 13.4. The van der Waals surface area contributed by atoms with E-state index in [2.05, 4.69) is 5.32 Å². The third kappa shape index (κ3) is 4.83. The summed E-state index contributed by atoms with van der Waals surface area (Å²) >= 11 is 6.09. The molecule has 3 aromatic rings. The molecule has 1 amide bonds. The molecule has 0 fully saturated rings. The predicted molar refractivity (Wildman–Crippen MR) is 122 cm³/mol. The van der Waals surface area contributed by atoms with Gasteiger partial charge in [0, 0.05) is 10.7 Å². The largest absolute Gasteiger partial charge is 0.324 e. The number of halogens is 1. The van der Waals surface area contributed by atoms with Gasteiger partial charge in [0.25, 0.3) is 10.0 Å². The second-order valence-corrected chi connectivity index (χ2v) is 9.42. The van der Waals surface area contributed by atoms with E-state index in [9.17, 15) is 13.2 Å². The molecule has 0 bridgehead atoms. The molecule has 0 unspecified atom stereocenters. The van der Waals surface area contributed by atoms with E-state index >= 15 is 0 Å². The molecule has 1 N–H and O–H groups in total. The summed E-state index contributed by atoms with van der Waals surface area (Å²) < 4.78 is 27.8. The van der Waals surface area contributed by atoms with Crippen LogP contribution in [0.1, 0.15) is 16.7 Å². The Morgan fingerprint density at radius 2 is 1.53 bits per heavy atom. The Hall–Kier alpha value is -2.83. The summed E-state index contributed by atoms with van der Waals surface area (Å²) in [6.07, 6.45) is 0. The minimum absolute atomic E-state index is 0.105. The molecular formula is C23H23ClN2O3S. The van der Waals surface area contributed by atoms with Crippen molar-refractivity contribution >= 4 is 38.9 Å². The van der Waals surface area contributed by atoms with Crippen LogP contribution in [0.2, 0.25) is 5.02 Å². The molecular weight excluding hydrogens is 420 g/mol. The summed E-state index contributed by atoms with van der Waals surface area (Å²) in [5, 5.41) is 3.23. The lowest BCUT2D eigenvalue weighted by atomic mass is 10.1. The molecule has 0 aromatic heterocycles. The SMILES string of the molecule is Cc1ccc(S(=O)(=O)N(CC(=O)Nc2c(C)cccc2C)c2cccc(Cl)c2)cc1. The Morgan fingerprint density at radius 1 is 0.933 bits per heavy atom. The van der Waals surface area contributed by atoms with Crippen LogP contribution in [-0.4, -0.2) is 20.9 Å². The van der Waals surface area contributed by atoms with E-state index in [1.54, 1.807) is 30.3 Å². The van der Waals surface area contributed by atoms with E-state index in [0.717, 1.165) is 21.0 Å². The lowest BCUT2D eigenvalue weighted by molar-refractivity contribution is -0.114. The van der Waals surface area contributed by atoms with E-state index in [-0.39, 0.29) is 11.4 Å². The van der Waals surface area contributed by atoms with E-state index in [0.29, 0.717) is 16.4 Å². The number of hydrogen-bond donors (Lipinski definition) is 1. The lowest BCUT2D eigenvalue weighted by Gasteiger charge is -2.24. The summed E-state index contributed by atoms with van der Waals surface area (Å²) in [6.45, 7) is 5.27. The van der Waals surface area contributed by atoms with Crippen LogP contribution in [0.5, 0.6) is 0 Å². The van der Waals surface area contributed by atoms with Gasteiger partial charge >= 0.3 is 0 Å². The maximum Gasteiger partial charge on any atom is 0.264 e. The molecule has 156 valence electrons. The molecule has 3 rings (SSSR count). The average Bonchev–Trinajstić information content (AvgIpc) is 2.69. The van der Waals surface area contributed by atoms with Gasteiger partial charge in [0.1, 0.15) is 6.54 Å². The van der Waals surface area contributed by atoms with Crippen LogP contribution in [-0.2, 0) is 14.8 Å². The van der Waals surface area contributed by atoms with Crippen molar-refractivity contribution in [3.63, 3.8) is 0 Å². The standard InChI is InChI=1S/C23H23ClN2O3S/c1-16-10-12-21(13-11-16)30(28,29)26(20-9-5-8-19(24)14-20)15-22(27)25-23-17(2)6-4-7-18(23)3/h4-14H,15H2,1-3H3,(H,25,27). The number of sulfonamides is 1. The van der Waals surface area contributed by atoms with Gasteiger partial charge in [-0.3, -0.25) is 9.10 Å². The molecule has 0 saturated carbocycles. The molecule has 0 heterocycles. The van der Waals surface area contributed by atoms with Gasteiger partial charge < -0.3 is 5.32 Å². The minimum Gasteiger partial charge on any atom is -0.324 e. The van der Waals surface area contributed by atoms with E-state index < -0.39 is 15.9 Å². The summed E-state index contributed by atoms with van der Waals surface area (Å²) in [5.74, 6) is -0.442. The minimum atomic E-state index is -3.98. The van der Waals surface area contributed by atoms with Crippen LogP contribution in [0, 0.1) is 20.8 Å². The van der Waals surface area contributed by atoms with Crippen LogP contribution in [0.15, 0.2) is 71.6 Å². The highest BCUT2D eigenvalue weighted by Gasteiger charge is 2.27. The van der Waals surface area contributed by atoms with Crippen LogP contribution < -0.4 is 9.62 Å². The molecule has 7 heteroatoms. The molecule has 0 aliphatic carbocycles. The zero-order valence-corrected chi connectivity index (χ0v) is 18.6. The first-order valence-corrected chi connectivity index (χ1v) is 11.2. The first-order valence-electron chi connectivity index (χ1n) is 9.39. The number of nitrogens with zero attached hydrogens (tertiary/aromatic N) is 1. The Bertz CT molecular complexity index is 1160. The zero-order valence-electron chi connectivity index (χ0n) is 17.0. The predicted octanol–water partition coefficient (Wildman–Crippen LogP) is 5.10. The Labute approximate surface area is 182 Å². The Morgan fingerprint density at radius 3 is 2.13 bits per heavy atom. The smallest absolute Gasteiger partial charge is 0.264 e. The fourth-order valence-corrected chi connectivity index (χ4v) is 4.70. The number of rotatable bonds is 6. The molecule has 0 spiro atoms. The lowest BCUT2D eigenvalue weighted by Crippen LogP contribution is -2.38. The van der Waals surface area contributed by atoms with Crippen molar-refractivity contribution in [3.8, 4) is 0 Å². The number of carbonyl (C=O) groups is 1. The van der Waals surface area contributed by atoms with Gasteiger partial charge in [-0.25, -0.2) is 8.42 Å². The van der Waals surface area contributed by atoms with Gasteiger partial charge in [0.05, 0.1) is 10.6 Å². The number of anilines is 2. The number of carbonyl (C=O) groups excluding carboxylic acids is 1. The number of benzene rings is 3. The maximum atomic E-state index is 13.4. The van der Waals surface area contributed by atoms with Crippen LogP contribution in [0.3, 0.4) is 0 Å². The van der Waals surface area contributed by atoms with Crippen LogP contribution in [0.4, 0.5) is 11.4 Å². The van der Waals surface area contributed by atoms with E-state index in [1.165, 1.54) is 18.2 Å². The molecule has 0 atom stereocenters. The monoisotopic (exact) mass is 442 g/mol. The summed E-state index contributed by atoms with van der Waals surface area (Å²) in [6, 6.07) is 18.6. The van der Waals surface area contributed by atoms with Crippen LogP contribution >= 0.6 is 11.6 Å². The van der Waals surface area contributed by atoms with Gasteiger partial charge in [0.2, 0.25) is 5.91 Å². The quantitative estimate of drug-likeness (QED) is 0.577. The summed E-state index contributed by atoms with van der Waals surface area (Å²) in [5.41, 5.74) is 3.75. The average molecular weight is 443 g/mol. The topological polar surface area (TPSA) is 66.5 Å². The van der Waals surface area contributed by atoms with Gasteiger partial charge in [0.15, 0.2) is 0 Å². The number of aryl methyl sites for hydroxylation is 3. The van der Waals surface area contributed by atoms with Crippen molar-refractivity contribution < 1.29 is 13.2 Å². The second-order valence-electron chi connectivity index (χ2n) is 7.12. The zero-order chi connectivity index (χ0) is 21.9.